The molecular formula is C23H31NS. The highest BCUT2D eigenvalue weighted by atomic mass is 32.1. The number of hydrogen-bond acceptors (Lipinski definition) is 2. The Morgan fingerprint density at radius 1 is 0.880 bits per heavy atom. The number of aryl methyl sites for hydroxylation is 1. The van der Waals surface area contributed by atoms with E-state index in [1.165, 1.54) is 80.2 Å². The largest absolute Gasteiger partial charge is 0.192 e. The number of hydrogen-bond donors (Lipinski definition) is 0. The normalized spacial score (nSPS) is 10.7. The Bertz CT molecular complexity index is 637. The van der Waals surface area contributed by atoms with Gasteiger partial charge in [-0.3, -0.25) is 0 Å². The molecule has 0 saturated heterocycles. The molecule has 0 fully saturated rings. The van der Waals surface area contributed by atoms with Gasteiger partial charge in [-0.1, -0.05) is 76.8 Å². The Kier molecular flexibility index (Phi) is 9.37. The average molecular weight is 354 g/mol. The monoisotopic (exact) mass is 353 g/mol. The smallest absolute Gasteiger partial charge is 0.0994 e. The number of benzene rings is 1. The third-order valence-corrected chi connectivity index (χ3v) is 5.75. The van der Waals surface area contributed by atoms with Crippen molar-refractivity contribution in [1.82, 2.24) is 0 Å². The van der Waals surface area contributed by atoms with Crippen LogP contribution in [0.25, 0.3) is 10.4 Å². The van der Waals surface area contributed by atoms with Crippen molar-refractivity contribution in [2.75, 3.05) is 0 Å². The zero-order chi connectivity index (χ0) is 17.7. The average Bonchev–Trinajstić information content (AvgIpc) is 3.18. The fourth-order valence-corrected chi connectivity index (χ4v) is 4.03. The van der Waals surface area contributed by atoms with Crippen molar-refractivity contribution >= 4 is 11.3 Å². The predicted octanol–water partition coefficient (Wildman–Crippen LogP) is 7.75. The van der Waals surface area contributed by atoms with Crippen LogP contribution in [0.3, 0.4) is 0 Å². The van der Waals surface area contributed by atoms with Crippen molar-refractivity contribution in [3.8, 4) is 16.5 Å². The summed E-state index contributed by atoms with van der Waals surface area (Å²) in [5.74, 6) is 0. The van der Waals surface area contributed by atoms with E-state index in [0.29, 0.717) is 0 Å². The molecule has 0 atom stereocenters. The van der Waals surface area contributed by atoms with Crippen molar-refractivity contribution in [2.24, 2.45) is 0 Å². The fourth-order valence-electron chi connectivity index (χ4n) is 3.31. The highest BCUT2D eigenvalue weighted by molar-refractivity contribution is 7.13. The molecule has 2 aromatic rings. The van der Waals surface area contributed by atoms with Gasteiger partial charge in [-0.15, -0.1) is 11.3 Å². The predicted molar refractivity (Wildman–Crippen MR) is 110 cm³/mol. The van der Waals surface area contributed by atoms with Gasteiger partial charge in [0.05, 0.1) is 11.6 Å². The molecule has 1 aromatic carbocycles. The van der Waals surface area contributed by atoms with Gasteiger partial charge in [-0.2, -0.15) is 5.26 Å². The van der Waals surface area contributed by atoms with Gasteiger partial charge in [0, 0.05) is 4.88 Å². The zero-order valence-electron chi connectivity index (χ0n) is 15.6. The van der Waals surface area contributed by atoms with E-state index in [1.807, 2.05) is 6.07 Å². The van der Waals surface area contributed by atoms with E-state index >= 15 is 0 Å². The van der Waals surface area contributed by atoms with Crippen molar-refractivity contribution in [3.63, 3.8) is 0 Å². The van der Waals surface area contributed by atoms with E-state index in [2.05, 4.69) is 42.6 Å². The van der Waals surface area contributed by atoms with E-state index in [1.54, 1.807) is 11.3 Å². The summed E-state index contributed by atoms with van der Waals surface area (Å²) in [6, 6.07) is 12.9. The maximum atomic E-state index is 9.35. The molecule has 1 heterocycles. The Morgan fingerprint density at radius 2 is 1.56 bits per heavy atom. The SMILES string of the molecule is CCCCCCCCCCCCc1cc(-c2cccs2)ccc1C#N. The first-order chi connectivity index (χ1) is 12.3. The fraction of sp³-hybridized carbons (Fsp3) is 0.522. The third-order valence-electron chi connectivity index (χ3n) is 4.83. The minimum atomic E-state index is 0.844. The summed E-state index contributed by atoms with van der Waals surface area (Å²) in [6.45, 7) is 2.27. The topological polar surface area (TPSA) is 23.8 Å². The van der Waals surface area contributed by atoms with Crippen molar-refractivity contribution in [2.45, 2.75) is 77.6 Å². The number of unbranched alkanes of at least 4 members (excludes halogenated alkanes) is 9. The van der Waals surface area contributed by atoms with E-state index in [9.17, 15) is 5.26 Å². The molecular weight excluding hydrogens is 322 g/mol. The maximum Gasteiger partial charge on any atom is 0.0994 e. The Hall–Kier alpha value is -1.59. The minimum Gasteiger partial charge on any atom is -0.192 e. The van der Waals surface area contributed by atoms with Gasteiger partial charge >= 0.3 is 0 Å². The molecule has 2 rings (SSSR count). The van der Waals surface area contributed by atoms with Crippen LogP contribution < -0.4 is 0 Å². The maximum absolute atomic E-state index is 9.35. The van der Waals surface area contributed by atoms with Gasteiger partial charge < -0.3 is 0 Å². The van der Waals surface area contributed by atoms with Crippen LogP contribution in [-0.4, -0.2) is 0 Å². The first-order valence-electron chi connectivity index (χ1n) is 9.92. The highest BCUT2D eigenvalue weighted by Gasteiger charge is 2.06. The lowest BCUT2D eigenvalue weighted by Gasteiger charge is -2.07. The molecule has 0 aliphatic rings. The van der Waals surface area contributed by atoms with Crippen LogP contribution in [0.4, 0.5) is 0 Å². The molecule has 0 radical (unpaired) electrons. The second-order valence-electron chi connectivity index (χ2n) is 6.89. The Balaban J connectivity index is 1.70. The zero-order valence-corrected chi connectivity index (χ0v) is 16.4. The lowest BCUT2D eigenvalue weighted by molar-refractivity contribution is 0.556. The van der Waals surface area contributed by atoms with Crippen LogP contribution in [-0.2, 0) is 6.42 Å². The van der Waals surface area contributed by atoms with Crippen molar-refractivity contribution in [3.05, 3.63) is 46.8 Å². The molecule has 0 amide bonds. The molecule has 2 heteroatoms. The summed E-state index contributed by atoms with van der Waals surface area (Å²) in [5.41, 5.74) is 3.31. The third kappa shape index (κ3) is 7.04. The summed E-state index contributed by atoms with van der Waals surface area (Å²) in [6.07, 6.45) is 14.5. The van der Waals surface area contributed by atoms with Crippen molar-refractivity contribution in [1.29, 1.82) is 5.26 Å². The van der Waals surface area contributed by atoms with Gasteiger partial charge in [-0.25, -0.2) is 0 Å². The van der Waals surface area contributed by atoms with Gasteiger partial charge in [0.25, 0.3) is 0 Å². The van der Waals surface area contributed by atoms with Gasteiger partial charge in [0.1, 0.15) is 0 Å². The molecule has 1 nitrogen and oxygen atoms in total. The summed E-state index contributed by atoms with van der Waals surface area (Å²) in [4.78, 5) is 1.29. The van der Waals surface area contributed by atoms with Gasteiger partial charge in [-0.05, 0) is 47.5 Å². The molecule has 0 aliphatic carbocycles. The van der Waals surface area contributed by atoms with E-state index in [4.69, 9.17) is 0 Å². The number of rotatable bonds is 12. The quantitative estimate of drug-likeness (QED) is 0.358. The molecule has 0 spiro atoms. The first-order valence-corrected chi connectivity index (χ1v) is 10.8. The van der Waals surface area contributed by atoms with Crippen LogP contribution in [0.2, 0.25) is 0 Å². The summed E-state index contributed by atoms with van der Waals surface area (Å²) in [7, 11) is 0. The van der Waals surface area contributed by atoms with Crippen LogP contribution in [0.1, 0.15) is 82.3 Å². The standard InChI is InChI=1S/C23H31NS/c1-2-3-4-5-6-7-8-9-10-11-13-20-18-21(15-16-22(20)19-24)23-14-12-17-25-23/h12,14-18H,2-11,13H2,1H3. The molecule has 25 heavy (non-hydrogen) atoms. The van der Waals surface area contributed by atoms with Crippen LogP contribution in [0.5, 0.6) is 0 Å². The van der Waals surface area contributed by atoms with Crippen LogP contribution >= 0.6 is 11.3 Å². The molecule has 0 aliphatic heterocycles. The number of nitrogens with zero attached hydrogens (tertiary/aromatic N) is 1. The molecule has 0 unspecified atom stereocenters. The van der Waals surface area contributed by atoms with Crippen LogP contribution in [0, 0.1) is 11.3 Å². The number of thiophene rings is 1. The lowest BCUT2D eigenvalue weighted by atomic mass is 9.98. The molecule has 0 N–H and O–H groups in total. The van der Waals surface area contributed by atoms with Gasteiger partial charge in [0.2, 0.25) is 0 Å². The van der Waals surface area contributed by atoms with Gasteiger partial charge in [0.15, 0.2) is 0 Å². The minimum absolute atomic E-state index is 0.844. The second-order valence-corrected chi connectivity index (χ2v) is 7.84. The Morgan fingerprint density at radius 3 is 2.16 bits per heavy atom. The van der Waals surface area contributed by atoms with E-state index in [0.717, 1.165) is 12.0 Å². The summed E-state index contributed by atoms with van der Waals surface area (Å²) >= 11 is 1.76. The molecule has 134 valence electrons. The molecule has 1 aromatic heterocycles. The van der Waals surface area contributed by atoms with Crippen molar-refractivity contribution < 1.29 is 0 Å². The lowest BCUT2D eigenvalue weighted by Crippen LogP contribution is -1.92. The van der Waals surface area contributed by atoms with Crippen LogP contribution in [0.15, 0.2) is 35.7 Å². The highest BCUT2D eigenvalue weighted by Crippen LogP contribution is 2.27. The second kappa shape index (κ2) is 11.9. The summed E-state index contributed by atoms with van der Waals surface area (Å²) < 4.78 is 0. The molecule has 0 bridgehead atoms. The van der Waals surface area contributed by atoms with E-state index < -0.39 is 0 Å². The molecule has 0 saturated carbocycles. The first kappa shape index (κ1) is 19.7. The summed E-state index contributed by atoms with van der Waals surface area (Å²) in [5, 5.41) is 11.5. The Labute approximate surface area is 157 Å². The van der Waals surface area contributed by atoms with E-state index in [-0.39, 0.29) is 0 Å². The number of nitriles is 1.